The Morgan fingerprint density at radius 1 is 1.19 bits per heavy atom. The maximum absolute atomic E-state index is 12.8. The Balaban J connectivity index is 1.86. The highest BCUT2D eigenvalue weighted by atomic mass is 32.2. The number of fused-ring (bicyclic) bond motifs is 1. The smallest absolute Gasteiger partial charge is 0.254 e. The molecule has 1 amide bonds. The Labute approximate surface area is 158 Å². The largest absolute Gasteiger partial charge is 0.490 e. The molecule has 1 atom stereocenters. The standard InChI is InChI=1S/C20H24N2O3S/c1-13(2)18(22-19(23)15-6-4-9-21-20(15)26-3)14-7-8-16-17(12-14)25-11-5-10-24-16/h4,6-9,12-13,18H,5,10-11H2,1-3H3,(H,22,23). The topological polar surface area (TPSA) is 60.5 Å². The van der Waals surface area contributed by atoms with E-state index in [1.807, 2.05) is 24.5 Å². The molecule has 1 aliphatic heterocycles. The van der Waals surface area contributed by atoms with Crippen molar-refractivity contribution in [3.05, 3.63) is 47.7 Å². The van der Waals surface area contributed by atoms with Gasteiger partial charge in [-0.25, -0.2) is 4.98 Å². The van der Waals surface area contributed by atoms with E-state index < -0.39 is 0 Å². The van der Waals surface area contributed by atoms with Gasteiger partial charge < -0.3 is 14.8 Å². The first kappa shape index (κ1) is 18.6. The lowest BCUT2D eigenvalue weighted by Crippen LogP contribution is -2.32. The lowest BCUT2D eigenvalue weighted by atomic mass is 9.95. The third-order valence-corrected chi connectivity index (χ3v) is 5.01. The maximum Gasteiger partial charge on any atom is 0.254 e. The second kappa shape index (κ2) is 8.45. The zero-order chi connectivity index (χ0) is 18.5. The first-order chi connectivity index (χ1) is 12.6. The number of amides is 1. The Morgan fingerprint density at radius 3 is 2.69 bits per heavy atom. The summed E-state index contributed by atoms with van der Waals surface area (Å²) in [6.45, 7) is 5.48. The Bertz CT molecular complexity index is 779. The van der Waals surface area contributed by atoms with Gasteiger partial charge in [0.25, 0.3) is 5.91 Å². The van der Waals surface area contributed by atoms with Gasteiger partial charge in [0.05, 0.1) is 24.8 Å². The molecule has 1 N–H and O–H groups in total. The zero-order valence-electron chi connectivity index (χ0n) is 15.3. The monoisotopic (exact) mass is 372 g/mol. The van der Waals surface area contributed by atoms with Crippen LogP contribution in [0.2, 0.25) is 0 Å². The predicted octanol–water partition coefficient (Wildman–Crippen LogP) is 4.09. The van der Waals surface area contributed by atoms with Crippen LogP contribution in [0.25, 0.3) is 0 Å². The van der Waals surface area contributed by atoms with Gasteiger partial charge in [0.15, 0.2) is 11.5 Å². The van der Waals surface area contributed by atoms with Crippen molar-refractivity contribution in [2.24, 2.45) is 5.92 Å². The van der Waals surface area contributed by atoms with Crippen LogP contribution in [0.1, 0.15) is 42.2 Å². The summed E-state index contributed by atoms with van der Waals surface area (Å²) in [4.78, 5) is 17.1. The summed E-state index contributed by atoms with van der Waals surface area (Å²) in [5.74, 6) is 1.61. The lowest BCUT2D eigenvalue weighted by Gasteiger charge is -2.24. The summed E-state index contributed by atoms with van der Waals surface area (Å²) in [5, 5.41) is 3.89. The number of carbonyl (C=O) groups is 1. The van der Waals surface area contributed by atoms with E-state index in [2.05, 4.69) is 24.1 Å². The second-order valence-corrected chi connectivity index (χ2v) is 7.31. The Hall–Kier alpha value is -2.21. The average molecular weight is 372 g/mol. The number of carbonyl (C=O) groups excluding carboxylic acids is 1. The van der Waals surface area contributed by atoms with Crippen LogP contribution < -0.4 is 14.8 Å². The molecule has 0 saturated carbocycles. The summed E-state index contributed by atoms with van der Waals surface area (Å²) < 4.78 is 11.5. The molecular formula is C20H24N2O3S. The summed E-state index contributed by atoms with van der Waals surface area (Å²) >= 11 is 1.47. The molecule has 1 aliphatic rings. The van der Waals surface area contributed by atoms with Crippen LogP contribution in [0.4, 0.5) is 0 Å². The Kier molecular flexibility index (Phi) is 6.04. The third kappa shape index (κ3) is 4.12. The molecule has 0 bridgehead atoms. The van der Waals surface area contributed by atoms with Gasteiger partial charge in [0.2, 0.25) is 0 Å². The number of rotatable bonds is 5. The molecule has 1 aromatic carbocycles. The molecule has 0 spiro atoms. The molecule has 26 heavy (non-hydrogen) atoms. The van der Waals surface area contributed by atoms with E-state index in [0.717, 1.165) is 28.5 Å². The number of hydrogen-bond acceptors (Lipinski definition) is 5. The molecule has 0 aliphatic carbocycles. The fourth-order valence-corrected chi connectivity index (χ4v) is 3.50. The number of nitrogens with one attached hydrogen (secondary N) is 1. The molecule has 0 fully saturated rings. The predicted molar refractivity (Wildman–Crippen MR) is 103 cm³/mol. The minimum absolute atomic E-state index is 0.117. The summed E-state index contributed by atoms with van der Waals surface area (Å²) in [7, 11) is 0. The van der Waals surface area contributed by atoms with E-state index in [0.29, 0.717) is 18.8 Å². The number of benzene rings is 1. The van der Waals surface area contributed by atoms with Crippen LogP contribution in [0.15, 0.2) is 41.6 Å². The molecule has 2 aromatic rings. The van der Waals surface area contributed by atoms with Crippen LogP contribution in [0.5, 0.6) is 11.5 Å². The highest BCUT2D eigenvalue weighted by Crippen LogP contribution is 2.34. The zero-order valence-corrected chi connectivity index (χ0v) is 16.1. The van der Waals surface area contributed by atoms with Gasteiger partial charge in [-0.05, 0) is 42.0 Å². The van der Waals surface area contributed by atoms with Gasteiger partial charge in [-0.1, -0.05) is 19.9 Å². The van der Waals surface area contributed by atoms with Gasteiger partial charge in [-0.3, -0.25) is 4.79 Å². The van der Waals surface area contributed by atoms with Crippen LogP contribution in [0.3, 0.4) is 0 Å². The van der Waals surface area contributed by atoms with Crippen molar-refractivity contribution >= 4 is 17.7 Å². The first-order valence-corrected chi connectivity index (χ1v) is 10.0. The van der Waals surface area contributed by atoms with Gasteiger partial charge in [-0.15, -0.1) is 11.8 Å². The average Bonchev–Trinajstić information content (AvgIpc) is 2.90. The number of pyridine rings is 1. The van der Waals surface area contributed by atoms with Crippen molar-refractivity contribution < 1.29 is 14.3 Å². The molecule has 2 heterocycles. The fourth-order valence-electron chi connectivity index (χ4n) is 2.95. The number of aromatic nitrogens is 1. The van der Waals surface area contributed by atoms with E-state index in [1.54, 1.807) is 18.3 Å². The number of ether oxygens (including phenoxy) is 2. The van der Waals surface area contributed by atoms with Crippen molar-refractivity contribution in [3.63, 3.8) is 0 Å². The SMILES string of the molecule is CSc1ncccc1C(=O)NC(c1ccc2c(c1)OCCCO2)C(C)C. The van der Waals surface area contributed by atoms with Gasteiger partial charge in [-0.2, -0.15) is 0 Å². The van der Waals surface area contributed by atoms with Crippen molar-refractivity contribution in [2.45, 2.75) is 31.3 Å². The second-order valence-electron chi connectivity index (χ2n) is 6.51. The first-order valence-electron chi connectivity index (χ1n) is 8.79. The van der Waals surface area contributed by atoms with E-state index >= 15 is 0 Å². The minimum Gasteiger partial charge on any atom is -0.490 e. The highest BCUT2D eigenvalue weighted by molar-refractivity contribution is 7.98. The highest BCUT2D eigenvalue weighted by Gasteiger charge is 2.23. The Morgan fingerprint density at radius 2 is 1.96 bits per heavy atom. The van der Waals surface area contributed by atoms with Gasteiger partial charge >= 0.3 is 0 Å². The number of thioether (sulfide) groups is 1. The lowest BCUT2D eigenvalue weighted by molar-refractivity contribution is 0.0921. The summed E-state index contributed by atoms with van der Waals surface area (Å²) in [6.07, 6.45) is 4.49. The molecular weight excluding hydrogens is 348 g/mol. The quantitative estimate of drug-likeness (QED) is 0.801. The van der Waals surface area contributed by atoms with Crippen LogP contribution >= 0.6 is 11.8 Å². The van der Waals surface area contributed by atoms with Crippen LogP contribution in [-0.2, 0) is 0 Å². The summed E-state index contributed by atoms with van der Waals surface area (Å²) in [5.41, 5.74) is 1.60. The molecule has 0 radical (unpaired) electrons. The molecule has 138 valence electrons. The van der Waals surface area contributed by atoms with E-state index in [1.165, 1.54) is 11.8 Å². The van der Waals surface area contributed by atoms with E-state index in [4.69, 9.17) is 9.47 Å². The van der Waals surface area contributed by atoms with Crippen LogP contribution in [0, 0.1) is 5.92 Å². The van der Waals surface area contributed by atoms with Crippen molar-refractivity contribution in [3.8, 4) is 11.5 Å². The molecule has 1 aromatic heterocycles. The van der Waals surface area contributed by atoms with Crippen molar-refractivity contribution in [1.82, 2.24) is 10.3 Å². The molecule has 1 unspecified atom stereocenters. The molecule has 5 nitrogen and oxygen atoms in total. The number of nitrogens with zero attached hydrogens (tertiary/aromatic N) is 1. The van der Waals surface area contributed by atoms with Gasteiger partial charge in [0.1, 0.15) is 5.03 Å². The van der Waals surface area contributed by atoms with E-state index in [9.17, 15) is 4.79 Å². The molecule has 0 saturated heterocycles. The fraction of sp³-hybridized carbons (Fsp3) is 0.400. The molecule has 3 rings (SSSR count). The third-order valence-electron chi connectivity index (χ3n) is 4.29. The van der Waals surface area contributed by atoms with E-state index in [-0.39, 0.29) is 17.9 Å². The minimum atomic E-state index is -0.130. The summed E-state index contributed by atoms with van der Waals surface area (Å²) in [6, 6.07) is 9.36. The van der Waals surface area contributed by atoms with Crippen molar-refractivity contribution in [2.75, 3.05) is 19.5 Å². The maximum atomic E-state index is 12.8. The van der Waals surface area contributed by atoms with Crippen molar-refractivity contribution in [1.29, 1.82) is 0 Å². The normalized spacial score (nSPS) is 14.6. The van der Waals surface area contributed by atoms with Gasteiger partial charge in [0, 0.05) is 12.6 Å². The van der Waals surface area contributed by atoms with Crippen LogP contribution in [-0.4, -0.2) is 30.4 Å². The molecule has 6 heteroatoms. The number of hydrogen-bond donors (Lipinski definition) is 1.